The molecule has 5 heteroatoms. The number of fused-ring (bicyclic) bond motifs is 1. The first-order valence-corrected chi connectivity index (χ1v) is 10.9. The van der Waals surface area contributed by atoms with E-state index in [1.807, 2.05) is 18.2 Å². The molecule has 0 saturated carbocycles. The molecule has 1 N–H and O–H groups in total. The zero-order valence-corrected chi connectivity index (χ0v) is 19.4. The third-order valence-electron chi connectivity index (χ3n) is 7.07. The predicted molar refractivity (Wildman–Crippen MR) is 122 cm³/mol. The largest absolute Gasteiger partial charge is 0.497 e. The molecular formula is C26H32N2O3. The first-order chi connectivity index (χ1) is 14.5. The quantitative estimate of drug-likeness (QED) is 0.703. The first kappa shape index (κ1) is 21.4. The zero-order chi connectivity index (χ0) is 22.6. The number of nitrogens with one attached hydrogen (secondary N) is 1. The van der Waals surface area contributed by atoms with Crippen LogP contribution in [0, 0.1) is 6.92 Å². The van der Waals surface area contributed by atoms with E-state index in [0.29, 0.717) is 0 Å². The Hall–Kier alpha value is -2.82. The van der Waals surface area contributed by atoms with Crippen molar-refractivity contribution in [3.8, 4) is 16.9 Å². The molecule has 2 aromatic rings. The van der Waals surface area contributed by atoms with E-state index in [2.05, 4.69) is 52.1 Å². The molecule has 0 spiro atoms. The summed E-state index contributed by atoms with van der Waals surface area (Å²) in [6.07, 6.45) is 2.31. The molecule has 1 saturated heterocycles. The van der Waals surface area contributed by atoms with Gasteiger partial charge in [-0.1, -0.05) is 45.9 Å². The van der Waals surface area contributed by atoms with Crippen LogP contribution in [0.15, 0.2) is 30.3 Å². The lowest BCUT2D eigenvalue weighted by molar-refractivity contribution is -0.125. The number of benzene rings is 2. The van der Waals surface area contributed by atoms with Crippen molar-refractivity contribution < 1.29 is 14.3 Å². The lowest BCUT2D eigenvalue weighted by atomic mass is 9.62. The fraction of sp³-hybridized carbons (Fsp3) is 0.462. The summed E-state index contributed by atoms with van der Waals surface area (Å²) in [6.45, 7) is 11.7. The van der Waals surface area contributed by atoms with Gasteiger partial charge in [0, 0.05) is 0 Å². The summed E-state index contributed by atoms with van der Waals surface area (Å²) in [4.78, 5) is 25.6. The number of rotatable bonds is 4. The number of urea groups is 1. The highest BCUT2D eigenvalue weighted by Crippen LogP contribution is 2.48. The van der Waals surface area contributed by atoms with Crippen LogP contribution in [0.1, 0.15) is 62.8 Å². The van der Waals surface area contributed by atoms with Gasteiger partial charge in [0.2, 0.25) is 5.91 Å². The van der Waals surface area contributed by atoms with Crippen molar-refractivity contribution in [3.05, 3.63) is 52.6 Å². The van der Waals surface area contributed by atoms with E-state index < -0.39 is 0 Å². The van der Waals surface area contributed by atoms with Gasteiger partial charge in [-0.15, -0.1) is 0 Å². The van der Waals surface area contributed by atoms with Gasteiger partial charge in [0.05, 0.1) is 20.2 Å². The van der Waals surface area contributed by atoms with Gasteiger partial charge in [0.15, 0.2) is 0 Å². The molecule has 3 amide bonds. The van der Waals surface area contributed by atoms with Gasteiger partial charge in [-0.3, -0.25) is 9.69 Å². The standard InChI is InChI=1S/C26H32N2O3/c1-16-11-21-22(26(4,5)10-9-25(21,2)3)13-19(16)20-12-18(31-6)8-7-17(20)15-28-23(29)14-27-24(28)30/h7-8,11-13H,9-10,14-15H2,1-6H3,(H,27,30). The number of aryl methyl sites for hydroxylation is 1. The van der Waals surface area contributed by atoms with Crippen molar-refractivity contribution in [2.45, 2.75) is 64.8 Å². The van der Waals surface area contributed by atoms with E-state index in [9.17, 15) is 9.59 Å². The summed E-state index contributed by atoms with van der Waals surface area (Å²) in [6, 6.07) is 10.2. The number of ether oxygens (including phenoxy) is 1. The minimum atomic E-state index is -0.336. The summed E-state index contributed by atoms with van der Waals surface area (Å²) >= 11 is 0. The number of methoxy groups -OCH3 is 1. The highest BCUT2D eigenvalue weighted by molar-refractivity contribution is 6.02. The van der Waals surface area contributed by atoms with E-state index in [-0.39, 0.29) is 35.9 Å². The van der Waals surface area contributed by atoms with Crippen LogP contribution in [0.25, 0.3) is 11.1 Å². The van der Waals surface area contributed by atoms with Crippen molar-refractivity contribution in [2.24, 2.45) is 0 Å². The molecule has 164 valence electrons. The van der Waals surface area contributed by atoms with Gasteiger partial charge in [0.1, 0.15) is 5.75 Å². The maximum atomic E-state index is 12.2. The molecule has 0 bridgehead atoms. The van der Waals surface area contributed by atoms with Crippen LogP contribution in [0.3, 0.4) is 0 Å². The molecule has 1 aliphatic carbocycles. The number of imide groups is 1. The molecule has 2 aromatic carbocycles. The Morgan fingerprint density at radius 3 is 2.19 bits per heavy atom. The molecule has 5 nitrogen and oxygen atoms in total. The number of nitrogens with zero attached hydrogens (tertiary/aromatic N) is 1. The number of carbonyl (C=O) groups is 2. The normalized spacial score (nSPS) is 19.2. The number of carbonyl (C=O) groups excluding carboxylic acids is 2. The molecule has 1 heterocycles. The van der Waals surface area contributed by atoms with Crippen LogP contribution in [-0.4, -0.2) is 30.5 Å². The Kier molecular flexibility index (Phi) is 5.11. The van der Waals surface area contributed by atoms with Crippen LogP contribution >= 0.6 is 0 Å². The average Bonchev–Trinajstić information content (AvgIpc) is 3.03. The molecule has 0 atom stereocenters. The smallest absolute Gasteiger partial charge is 0.324 e. The maximum absolute atomic E-state index is 12.2. The lowest BCUT2D eigenvalue weighted by Gasteiger charge is -2.42. The number of amides is 3. The van der Waals surface area contributed by atoms with E-state index >= 15 is 0 Å². The molecule has 2 aliphatic rings. The van der Waals surface area contributed by atoms with E-state index in [1.165, 1.54) is 28.0 Å². The van der Waals surface area contributed by atoms with Gasteiger partial charge in [0.25, 0.3) is 0 Å². The summed E-state index contributed by atoms with van der Waals surface area (Å²) in [5.41, 5.74) is 7.30. The topological polar surface area (TPSA) is 58.6 Å². The van der Waals surface area contributed by atoms with Gasteiger partial charge in [-0.25, -0.2) is 4.79 Å². The molecule has 4 rings (SSSR count). The third kappa shape index (κ3) is 3.71. The molecule has 1 aliphatic heterocycles. The van der Waals surface area contributed by atoms with Gasteiger partial charge in [-0.05, 0) is 76.1 Å². The second-order valence-corrected chi connectivity index (χ2v) is 10.1. The molecule has 0 aromatic heterocycles. The van der Waals surface area contributed by atoms with Crippen molar-refractivity contribution in [1.82, 2.24) is 10.2 Å². The summed E-state index contributed by atoms with van der Waals surface area (Å²) in [5.74, 6) is 0.560. The highest BCUT2D eigenvalue weighted by Gasteiger charge is 2.37. The van der Waals surface area contributed by atoms with Gasteiger partial charge >= 0.3 is 6.03 Å². The second-order valence-electron chi connectivity index (χ2n) is 10.1. The van der Waals surface area contributed by atoms with Crippen LogP contribution < -0.4 is 10.1 Å². The Morgan fingerprint density at radius 2 is 1.61 bits per heavy atom. The molecule has 0 radical (unpaired) electrons. The monoisotopic (exact) mass is 420 g/mol. The summed E-state index contributed by atoms with van der Waals surface area (Å²) < 4.78 is 5.51. The number of hydrogen-bond donors (Lipinski definition) is 1. The van der Waals surface area contributed by atoms with Crippen LogP contribution in [-0.2, 0) is 22.2 Å². The number of hydrogen-bond acceptors (Lipinski definition) is 3. The Balaban J connectivity index is 1.88. The van der Waals surface area contributed by atoms with Crippen LogP contribution in [0.2, 0.25) is 0 Å². The minimum absolute atomic E-state index is 0.0610. The summed E-state index contributed by atoms with van der Waals surface area (Å²) in [5, 5.41) is 2.61. The van der Waals surface area contributed by atoms with E-state index in [4.69, 9.17) is 4.74 Å². The van der Waals surface area contributed by atoms with Crippen LogP contribution in [0.5, 0.6) is 5.75 Å². The van der Waals surface area contributed by atoms with Gasteiger partial charge < -0.3 is 10.1 Å². The van der Waals surface area contributed by atoms with Crippen molar-refractivity contribution in [1.29, 1.82) is 0 Å². The first-order valence-electron chi connectivity index (χ1n) is 10.9. The molecule has 1 fully saturated rings. The molecule has 0 unspecified atom stereocenters. The fourth-order valence-electron chi connectivity index (χ4n) is 4.87. The maximum Gasteiger partial charge on any atom is 0.324 e. The Morgan fingerprint density at radius 1 is 0.968 bits per heavy atom. The molecule has 31 heavy (non-hydrogen) atoms. The van der Waals surface area contributed by atoms with Crippen molar-refractivity contribution in [3.63, 3.8) is 0 Å². The summed E-state index contributed by atoms with van der Waals surface area (Å²) in [7, 11) is 1.65. The average molecular weight is 421 g/mol. The lowest BCUT2D eigenvalue weighted by Crippen LogP contribution is -2.34. The van der Waals surface area contributed by atoms with Crippen LogP contribution in [0.4, 0.5) is 4.79 Å². The second kappa shape index (κ2) is 7.40. The fourth-order valence-corrected chi connectivity index (χ4v) is 4.87. The molecular weight excluding hydrogens is 388 g/mol. The Labute approximate surface area is 184 Å². The SMILES string of the molecule is COc1ccc(CN2C(=O)CNC2=O)c(-c2cc3c(cc2C)C(C)(C)CCC3(C)C)c1. The zero-order valence-electron chi connectivity index (χ0n) is 19.4. The van der Waals surface area contributed by atoms with E-state index in [0.717, 1.165) is 28.9 Å². The van der Waals surface area contributed by atoms with E-state index in [1.54, 1.807) is 7.11 Å². The highest BCUT2D eigenvalue weighted by atomic mass is 16.5. The van der Waals surface area contributed by atoms with Crippen molar-refractivity contribution >= 4 is 11.9 Å². The van der Waals surface area contributed by atoms with Crippen molar-refractivity contribution in [2.75, 3.05) is 13.7 Å². The predicted octanol–water partition coefficient (Wildman–Crippen LogP) is 5.07. The third-order valence-corrected chi connectivity index (χ3v) is 7.07. The minimum Gasteiger partial charge on any atom is -0.497 e. The Bertz CT molecular complexity index is 1050. The van der Waals surface area contributed by atoms with Gasteiger partial charge in [-0.2, -0.15) is 0 Å².